The molecule has 1 aromatic carbocycles. The highest BCUT2D eigenvalue weighted by Crippen LogP contribution is 2.29. The summed E-state index contributed by atoms with van der Waals surface area (Å²) < 4.78 is 11.1. The van der Waals surface area contributed by atoms with Gasteiger partial charge in [-0.25, -0.2) is 9.97 Å². The number of nitrogens with two attached hydrogens (primary N) is 1. The Hall–Kier alpha value is -2.34. The SMILES string of the molecule is COc1cc(C)ccc1OCc1nc(N)c2ccsc2n1. The van der Waals surface area contributed by atoms with Crippen molar-refractivity contribution in [2.24, 2.45) is 0 Å². The molecule has 0 aliphatic carbocycles. The quantitative estimate of drug-likeness (QED) is 0.801. The molecule has 3 rings (SSSR count). The van der Waals surface area contributed by atoms with Crippen LogP contribution in [0.5, 0.6) is 11.5 Å². The maximum Gasteiger partial charge on any atom is 0.169 e. The van der Waals surface area contributed by atoms with E-state index in [-0.39, 0.29) is 6.61 Å². The summed E-state index contributed by atoms with van der Waals surface area (Å²) in [4.78, 5) is 9.59. The molecule has 0 saturated carbocycles. The van der Waals surface area contributed by atoms with Crippen LogP contribution < -0.4 is 15.2 Å². The third kappa shape index (κ3) is 2.75. The zero-order chi connectivity index (χ0) is 14.8. The Kier molecular flexibility index (Phi) is 3.62. The van der Waals surface area contributed by atoms with E-state index in [0.717, 1.165) is 15.8 Å². The van der Waals surface area contributed by atoms with Crippen molar-refractivity contribution < 1.29 is 9.47 Å². The zero-order valence-corrected chi connectivity index (χ0v) is 12.6. The number of ether oxygens (including phenoxy) is 2. The van der Waals surface area contributed by atoms with Gasteiger partial charge in [0.1, 0.15) is 17.3 Å². The fourth-order valence-corrected chi connectivity index (χ4v) is 2.82. The van der Waals surface area contributed by atoms with Gasteiger partial charge in [-0.1, -0.05) is 6.07 Å². The van der Waals surface area contributed by atoms with Gasteiger partial charge in [-0.2, -0.15) is 0 Å². The van der Waals surface area contributed by atoms with E-state index in [1.807, 2.05) is 36.6 Å². The van der Waals surface area contributed by atoms with E-state index >= 15 is 0 Å². The minimum absolute atomic E-state index is 0.247. The molecule has 0 radical (unpaired) electrons. The highest BCUT2D eigenvalue weighted by atomic mass is 32.1. The Morgan fingerprint density at radius 1 is 1.19 bits per heavy atom. The van der Waals surface area contributed by atoms with Crippen molar-refractivity contribution in [3.8, 4) is 11.5 Å². The first-order valence-corrected chi connectivity index (χ1v) is 7.32. The fraction of sp³-hybridized carbons (Fsp3) is 0.200. The van der Waals surface area contributed by atoms with Crippen LogP contribution >= 0.6 is 11.3 Å². The van der Waals surface area contributed by atoms with Gasteiger partial charge >= 0.3 is 0 Å². The molecular weight excluding hydrogens is 286 g/mol. The molecule has 0 bridgehead atoms. The van der Waals surface area contributed by atoms with Crippen LogP contribution in [0.1, 0.15) is 11.4 Å². The summed E-state index contributed by atoms with van der Waals surface area (Å²) in [5.41, 5.74) is 7.03. The monoisotopic (exact) mass is 301 g/mol. The summed E-state index contributed by atoms with van der Waals surface area (Å²) in [5.74, 6) is 2.40. The Morgan fingerprint density at radius 2 is 2.05 bits per heavy atom. The second kappa shape index (κ2) is 5.57. The van der Waals surface area contributed by atoms with Crippen LogP contribution in [0.25, 0.3) is 10.2 Å². The van der Waals surface area contributed by atoms with Crippen molar-refractivity contribution in [3.63, 3.8) is 0 Å². The highest BCUT2D eigenvalue weighted by molar-refractivity contribution is 7.16. The topological polar surface area (TPSA) is 70.3 Å². The molecule has 2 aromatic heterocycles. The number of rotatable bonds is 4. The average molecular weight is 301 g/mol. The predicted octanol–water partition coefficient (Wildman–Crippen LogP) is 3.17. The molecule has 0 saturated heterocycles. The molecule has 0 amide bonds. The maximum absolute atomic E-state index is 5.92. The van der Waals surface area contributed by atoms with Crippen molar-refractivity contribution in [2.75, 3.05) is 12.8 Å². The largest absolute Gasteiger partial charge is 0.493 e. The molecule has 3 aromatic rings. The van der Waals surface area contributed by atoms with Gasteiger partial charge in [0.2, 0.25) is 0 Å². The van der Waals surface area contributed by atoms with Crippen LogP contribution in [0, 0.1) is 6.92 Å². The molecule has 5 nitrogen and oxygen atoms in total. The van der Waals surface area contributed by atoms with Crippen LogP contribution in [0.3, 0.4) is 0 Å². The predicted molar refractivity (Wildman–Crippen MR) is 83.9 cm³/mol. The molecule has 108 valence electrons. The number of methoxy groups -OCH3 is 1. The van der Waals surface area contributed by atoms with Crippen molar-refractivity contribution in [2.45, 2.75) is 13.5 Å². The van der Waals surface area contributed by atoms with E-state index in [2.05, 4.69) is 9.97 Å². The number of fused-ring (bicyclic) bond motifs is 1. The Bertz CT molecular complexity index is 786. The second-order valence-corrected chi connectivity index (χ2v) is 5.50. The number of hydrogen-bond donors (Lipinski definition) is 1. The van der Waals surface area contributed by atoms with Crippen LogP contribution in [0.15, 0.2) is 29.6 Å². The van der Waals surface area contributed by atoms with Crippen LogP contribution in [-0.2, 0) is 6.61 Å². The molecule has 6 heteroatoms. The molecule has 0 fully saturated rings. The molecule has 21 heavy (non-hydrogen) atoms. The average Bonchev–Trinajstić information content (AvgIpc) is 2.94. The van der Waals surface area contributed by atoms with E-state index in [9.17, 15) is 0 Å². The number of anilines is 1. The standard InChI is InChI=1S/C15H15N3O2S/c1-9-3-4-11(12(7-9)19-2)20-8-13-17-14(16)10-5-6-21-15(10)18-13/h3-7H,8H2,1-2H3,(H2,16,17,18). The molecule has 2 N–H and O–H groups in total. The minimum atomic E-state index is 0.247. The molecule has 0 aliphatic heterocycles. The molecule has 0 unspecified atom stereocenters. The van der Waals surface area contributed by atoms with Crippen molar-refractivity contribution in [1.29, 1.82) is 0 Å². The van der Waals surface area contributed by atoms with Gasteiger partial charge in [0, 0.05) is 0 Å². The van der Waals surface area contributed by atoms with Crippen molar-refractivity contribution >= 4 is 27.4 Å². The van der Waals surface area contributed by atoms with Gasteiger partial charge in [0.15, 0.2) is 17.3 Å². The smallest absolute Gasteiger partial charge is 0.169 e. The summed E-state index contributed by atoms with van der Waals surface area (Å²) in [6.45, 7) is 2.25. The van der Waals surface area contributed by atoms with Crippen LogP contribution in [-0.4, -0.2) is 17.1 Å². The molecule has 2 heterocycles. The second-order valence-electron chi connectivity index (χ2n) is 4.61. The maximum atomic E-state index is 5.92. The number of thiophene rings is 1. The van der Waals surface area contributed by atoms with E-state index < -0.39 is 0 Å². The summed E-state index contributed by atoms with van der Waals surface area (Å²) in [7, 11) is 1.62. The lowest BCUT2D eigenvalue weighted by Gasteiger charge is -2.11. The summed E-state index contributed by atoms with van der Waals surface area (Å²) >= 11 is 1.54. The Morgan fingerprint density at radius 3 is 2.86 bits per heavy atom. The Labute approximate surface area is 126 Å². The number of nitrogens with zero attached hydrogens (tertiary/aromatic N) is 2. The van der Waals surface area contributed by atoms with Gasteiger partial charge in [0.25, 0.3) is 0 Å². The first kappa shape index (κ1) is 13.6. The zero-order valence-electron chi connectivity index (χ0n) is 11.8. The van der Waals surface area contributed by atoms with E-state index in [0.29, 0.717) is 23.1 Å². The van der Waals surface area contributed by atoms with Crippen LogP contribution in [0.2, 0.25) is 0 Å². The summed E-state index contributed by atoms with van der Waals surface area (Å²) in [6.07, 6.45) is 0. The lowest BCUT2D eigenvalue weighted by Crippen LogP contribution is -2.04. The lowest BCUT2D eigenvalue weighted by molar-refractivity contribution is 0.277. The van der Waals surface area contributed by atoms with Crippen molar-refractivity contribution in [3.05, 3.63) is 41.0 Å². The van der Waals surface area contributed by atoms with Gasteiger partial charge < -0.3 is 15.2 Å². The minimum Gasteiger partial charge on any atom is -0.493 e. The summed E-state index contributed by atoms with van der Waals surface area (Å²) in [5, 5.41) is 2.83. The number of aromatic nitrogens is 2. The third-order valence-electron chi connectivity index (χ3n) is 3.08. The first-order chi connectivity index (χ1) is 10.2. The van der Waals surface area contributed by atoms with Gasteiger partial charge in [-0.3, -0.25) is 0 Å². The van der Waals surface area contributed by atoms with E-state index in [1.54, 1.807) is 7.11 Å². The van der Waals surface area contributed by atoms with Crippen LogP contribution in [0.4, 0.5) is 5.82 Å². The van der Waals surface area contributed by atoms with E-state index in [4.69, 9.17) is 15.2 Å². The number of aryl methyl sites for hydroxylation is 1. The number of benzene rings is 1. The Balaban J connectivity index is 1.83. The molecule has 0 aliphatic rings. The fourth-order valence-electron chi connectivity index (χ4n) is 2.03. The van der Waals surface area contributed by atoms with Gasteiger partial charge in [-0.05, 0) is 36.1 Å². The van der Waals surface area contributed by atoms with Gasteiger partial charge in [-0.15, -0.1) is 11.3 Å². The van der Waals surface area contributed by atoms with Crippen molar-refractivity contribution in [1.82, 2.24) is 9.97 Å². The molecular formula is C15H15N3O2S. The number of nitrogen functional groups attached to an aromatic ring is 1. The normalized spacial score (nSPS) is 10.8. The molecule has 0 spiro atoms. The third-order valence-corrected chi connectivity index (χ3v) is 3.88. The first-order valence-electron chi connectivity index (χ1n) is 6.44. The van der Waals surface area contributed by atoms with E-state index in [1.165, 1.54) is 11.3 Å². The number of hydrogen-bond acceptors (Lipinski definition) is 6. The summed E-state index contributed by atoms with van der Waals surface area (Å²) in [6, 6.07) is 7.69. The molecule has 0 atom stereocenters. The lowest BCUT2D eigenvalue weighted by atomic mass is 10.2. The highest BCUT2D eigenvalue weighted by Gasteiger charge is 2.09. The van der Waals surface area contributed by atoms with Gasteiger partial charge in [0.05, 0.1) is 12.5 Å².